The van der Waals surface area contributed by atoms with E-state index in [1.165, 1.54) is 11.6 Å². The van der Waals surface area contributed by atoms with E-state index in [9.17, 15) is 14.0 Å². The van der Waals surface area contributed by atoms with Gasteiger partial charge in [-0.2, -0.15) is 0 Å². The summed E-state index contributed by atoms with van der Waals surface area (Å²) in [6, 6.07) is 15.8. The van der Waals surface area contributed by atoms with Crippen LogP contribution in [0.25, 0.3) is 0 Å². The van der Waals surface area contributed by atoms with Gasteiger partial charge in [-0.15, -0.1) is 0 Å². The highest BCUT2D eigenvalue weighted by Gasteiger charge is 2.29. The van der Waals surface area contributed by atoms with Crippen LogP contribution < -0.4 is 15.5 Å². The van der Waals surface area contributed by atoms with Gasteiger partial charge in [0.15, 0.2) is 0 Å². The third-order valence-corrected chi connectivity index (χ3v) is 5.26. The average Bonchev–Trinajstić information content (AvgIpc) is 3.42. The zero-order valence-electron chi connectivity index (χ0n) is 16.5. The lowest BCUT2D eigenvalue weighted by atomic mass is 10.1. The maximum atomic E-state index is 13.7. The predicted octanol–water partition coefficient (Wildman–Crippen LogP) is 3.59. The van der Waals surface area contributed by atoms with Crippen molar-refractivity contribution in [3.05, 3.63) is 83.6 Å². The van der Waals surface area contributed by atoms with Crippen molar-refractivity contribution in [3.63, 3.8) is 0 Å². The van der Waals surface area contributed by atoms with Crippen molar-refractivity contribution < 1.29 is 18.4 Å². The Morgan fingerprint density at radius 1 is 1.13 bits per heavy atom. The molecular formula is C23H22FN3O3. The third kappa shape index (κ3) is 4.05. The molecule has 0 spiro atoms. The normalized spacial score (nSPS) is 13.6. The molecule has 0 unspecified atom stereocenters. The van der Waals surface area contributed by atoms with Crippen molar-refractivity contribution in [2.24, 2.45) is 0 Å². The van der Waals surface area contributed by atoms with Crippen LogP contribution in [0.1, 0.15) is 22.9 Å². The molecule has 1 aromatic heterocycles. The fourth-order valence-electron chi connectivity index (χ4n) is 3.66. The zero-order chi connectivity index (χ0) is 21.1. The molecule has 7 heteroatoms. The monoisotopic (exact) mass is 407 g/mol. The molecule has 2 heterocycles. The molecular weight excluding hydrogens is 385 g/mol. The largest absolute Gasteiger partial charge is 0.467 e. The number of amides is 2. The molecule has 2 amide bonds. The maximum absolute atomic E-state index is 13.7. The minimum Gasteiger partial charge on any atom is -0.467 e. The molecule has 2 N–H and O–H groups in total. The van der Waals surface area contributed by atoms with Crippen molar-refractivity contribution >= 4 is 23.2 Å². The van der Waals surface area contributed by atoms with Gasteiger partial charge < -0.3 is 20.0 Å². The van der Waals surface area contributed by atoms with Gasteiger partial charge >= 0.3 is 11.8 Å². The van der Waals surface area contributed by atoms with Gasteiger partial charge in [0.25, 0.3) is 0 Å². The summed E-state index contributed by atoms with van der Waals surface area (Å²) in [5, 5.41) is 5.10. The molecule has 1 aliphatic heterocycles. The van der Waals surface area contributed by atoms with Crippen molar-refractivity contribution in [3.8, 4) is 0 Å². The highest BCUT2D eigenvalue weighted by Crippen LogP contribution is 2.34. The number of carbonyl (C=O) groups excluding carboxylic acids is 2. The van der Waals surface area contributed by atoms with Gasteiger partial charge in [0.05, 0.1) is 6.26 Å². The number of rotatable bonds is 5. The van der Waals surface area contributed by atoms with Crippen LogP contribution in [0.3, 0.4) is 0 Å². The Balaban J connectivity index is 1.44. The molecule has 6 nitrogen and oxygen atoms in total. The van der Waals surface area contributed by atoms with Gasteiger partial charge in [0.1, 0.15) is 17.6 Å². The zero-order valence-corrected chi connectivity index (χ0v) is 16.5. The Kier molecular flexibility index (Phi) is 5.52. The van der Waals surface area contributed by atoms with Crippen LogP contribution in [0.4, 0.5) is 15.8 Å². The van der Waals surface area contributed by atoms with E-state index in [2.05, 4.69) is 21.6 Å². The van der Waals surface area contributed by atoms with E-state index in [1.54, 1.807) is 31.4 Å². The fourth-order valence-corrected chi connectivity index (χ4v) is 3.66. The topological polar surface area (TPSA) is 74.6 Å². The quantitative estimate of drug-likeness (QED) is 0.634. The maximum Gasteiger partial charge on any atom is 0.313 e. The van der Waals surface area contributed by atoms with Gasteiger partial charge in [-0.25, -0.2) is 4.39 Å². The highest BCUT2D eigenvalue weighted by atomic mass is 19.1. The Morgan fingerprint density at radius 2 is 1.97 bits per heavy atom. The van der Waals surface area contributed by atoms with E-state index in [0.29, 0.717) is 11.3 Å². The smallest absolute Gasteiger partial charge is 0.313 e. The molecule has 1 atom stereocenters. The number of halogens is 1. The van der Waals surface area contributed by atoms with Crippen molar-refractivity contribution in [2.75, 3.05) is 23.3 Å². The first kappa shape index (κ1) is 19.7. The van der Waals surface area contributed by atoms with E-state index < -0.39 is 17.6 Å². The summed E-state index contributed by atoms with van der Waals surface area (Å²) in [6.45, 7) is 2.60. The number of hydrogen-bond acceptors (Lipinski definition) is 4. The second-order valence-electron chi connectivity index (χ2n) is 7.23. The number of fused-ring (bicyclic) bond motifs is 1. The summed E-state index contributed by atoms with van der Waals surface area (Å²) >= 11 is 0. The van der Waals surface area contributed by atoms with Crippen molar-refractivity contribution in [1.82, 2.24) is 5.32 Å². The number of anilines is 2. The van der Waals surface area contributed by atoms with Crippen LogP contribution in [0.15, 0.2) is 65.3 Å². The third-order valence-electron chi connectivity index (χ3n) is 5.26. The molecule has 0 bridgehead atoms. The van der Waals surface area contributed by atoms with Gasteiger partial charge in [0.2, 0.25) is 0 Å². The van der Waals surface area contributed by atoms with Crippen LogP contribution >= 0.6 is 0 Å². The molecule has 0 aliphatic carbocycles. The summed E-state index contributed by atoms with van der Waals surface area (Å²) in [7, 11) is 0. The molecule has 30 heavy (non-hydrogen) atoms. The summed E-state index contributed by atoms with van der Waals surface area (Å²) in [5.41, 5.74) is 3.02. The van der Waals surface area contributed by atoms with E-state index in [0.717, 1.165) is 18.7 Å². The van der Waals surface area contributed by atoms with Crippen LogP contribution in [-0.2, 0) is 16.0 Å². The van der Waals surface area contributed by atoms with E-state index >= 15 is 0 Å². The minimum absolute atomic E-state index is 0.191. The standard InChI is InChI=1S/C23H22FN3O3/c1-15-8-9-17(13-18(15)24)26-23(29)22(28)25-14-20(21-7-4-12-30-21)27-11-10-16-5-2-3-6-19(16)27/h2-9,12-13,20H,10-11,14H2,1H3,(H,25,28)(H,26,29)/t20-/m1/s1. The summed E-state index contributed by atoms with van der Waals surface area (Å²) in [5.74, 6) is -1.38. The molecule has 4 rings (SSSR count). The first-order chi connectivity index (χ1) is 14.5. The summed E-state index contributed by atoms with van der Waals surface area (Å²) in [4.78, 5) is 26.8. The fraction of sp³-hybridized carbons (Fsp3) is 0.217. The number of hydrogen-bond donors (Lipinski definition) is 2. The first-order valence-corrected chi connectivity index (χ1v) is 9.76. The van der Waals surface area contributed by atoms with Gasteiger partial charge in [-0.3, -0.25) is 9.59 Å². The number of furan rings is 1. The first-order valence-electron chi connectivity index (χ1n) is 9.76. The SMILES string of the molecule is Cc1ccc(NC(=O)C(=O)NC[C@H](c2ccco2)N2CCc3ccccc32)cc1F. The van der Waals surface area contributed by atoms with Gasteiger partial charge in [-0.1, -0.05) is 24.3 Å². The Labute approximate surface area is 173 Å². The Morgan fingerprint density at radius 3 is 2.73 bits per heavy atom. The molecule has 0 fully saturated rings. The van der Waals surface area contributed by atoms with E-state index in [1.807, 2.05) is 24.3 Å². The van der Waals surface area contributed by atoms with Crippen LogP contribution in [0.2, 0.25) is 0 Å². The highest BCUT2D eigenvalue weighted by molar-refractivity contribution is 6.39. The van der Waals surface area contributed by atoms with Crippen LogP contribution in [0, 0.1) is 12.7 Å². The number of aryl methyl sites for hydroxylation is 1. The molecule has 0 saturated heterocycles. The van der Waals surface area contributed by atoms with Crippen molar-refractivity contribution in [2.45, 2.75) is 19.4 Å². The van der Waals surface area contributed by atoms with E-state index in [-0.39, 0.29) is 18.3 Å². The number of nitrogens with one attached hydrogen (secondary N) is 2. The Bertz CT molecular complexity index is 1070. The van der Waals surface area contributed by atoms with E-state index in [4.69, 9.17) is 4.42 Å². The lowest BCUT2D eigenvalue weighted by Gasteiger charge is -2.29. The predicted molar refractivity (Wildman–Crippen MR) is 112 cm³/mol. The molecule has 2 aromatic carbocycles. The van der Waals surface area contributed by atoms with Crippen molar-refractivity contribution in [1.29, 1.82) is 0 Å². The molecule has 0 saturated carbocycles. The average molecular weight is 407 g/mol. The van der Waals surface area contributed by atoms with Crippen LogP contribution in [-0.4, -0.2) is 24.9 Å². The number of para-hydroxylation sites is 1. The number of nitrogens with zero attached hydrogens (tertiary/aromatic N) is 1. The number of benzene rings is 2. The second kappa shape index (κ2) is 8.41. The van der Waals surface area contributed by atoms with Crippen LogP contribution in [0.5, 0.6) is 0 Å². The number of carbonyl (C=O) groups is 2. The molecule has 154 valence electrons. The molecule has 3 aromatic rings. The second-order valence-corrected chi connectivity index (χ2v) is 7.23. The summed E-state index contributed by atoms with van der Waals surface area (Å²) in [6.07, 6.45) is 2.49. The Hall–Kier alpha value is -3.61. The van der Waals surface area contributed by atoms with Gasteiger partial charge in [0, 0.05) is 24.5 Å². The molecule has 1 aliphatic rings. The van der Waals surface area contributed by atoms with Gasteiger partial charge in [-0.05, 0) is 54.8 Å². The summed E-state index contributed by atoms with van der Waals surface area (Å²) < 4.78 is 19.3. The lowest BCUT2D eigenvalue weighted by Crippen LogP contribution is -2.41. The minimum atomic E-state index is -0.849. The molecule has 0 radical (unpaired) electrons. The lowest BCUT2D eigenvalue weighted by molar-refractivity contribution is -0.136.